The van der Waals surface area contributed by atoms with Crippen molar-refractivity contribution in [3.8, 4) is 0 Å². The summed E-state index contributed by atoms with van der Waals surface area (Å²) in [5.41, 5.74) is 1.72. The van der Waals surface area contributed by atoms with Gasteiger partial charge in [-0.15, -0.1) is 0 Å². The monoisotopic (exact) mass is 359 g/mol. The third-order valence-electron chi connectivity index (χ3n) is 6.20. The van der Waals surface area contributed by atoms with Gasteiger partial charge >= 0.3 is 6.03 Å². The SMILES string of the molecule is CCCCNC(=O)N1CC[C@@]2(CCc3nc4c(c(=O)n32)CN(C)CC4)C1. The normalized spacial score (nSPS) is 24.8. The van der Waals surface area contributed by atoms with Gasteiger partial charge in [0.2, 0.25) is 0 Å². The van der Waals surface area contributed by atoms with Crippen molar-refractivity contribution in [2.45, 2.75) is 57.5 Å². The van der Waals surface area contributed by atoms with Crippen molar-refractivity contribution in [3.05, 3.63) is 27.4 Å². The van der Waals surface area contributed by atoms with Crippen LogP contribution >= 0.6 is 0 Å². The Labute approximate surface area is 154 Å². The second-order valence-corrected chi connectivity index (χ2v) is 8.06. The number of rotatable bonds is 3. The second-order valence-electron chi connectivity index (χ2n) is 8.06. The van der Waals surface area contributed by atoms with E-state index in [1.165, 1.54) is 0 Å². The maximum atomic E-state index is 13.3. The summed E-state index contributed by atoms with van der Waals surface area (Å²) in [5.74, 6) is 0.923. The number of amides is 2. The number of likely N-dealkylation sites (N-methyl/N-ethyl adjacent to an activating group) is 1. The Kier molecular flexibility index (Phi) is 4.50. The average Bonchev–Trinajstić information content (AvgIpc) is 3.21. The summed E-state index contributed by atoms with van der Waals surface area (Å²) < 4.78 is 1.95. The van der Waals surface area contributed by atoms with Gasteiger partial charge in [0.25, 0.3) is 5.56 Å². The Morgan fingerprint density at radius 1 is 1.27 bits per heavy atom. The molecule has 26 heavy (non-hydrogen) atoms. The molecular formula is C19H29N5O2. The minimum atomic E-state index is -0.257. The Morgan fingerprint density at radius 2 is 2.12 bits per heavy atom. The molecule has 0 saturated carbocycles. The van der Waals surface area contributed by atoms with Crippen molar-refractivity contribution in [1.29, 1.82) is 0 Å². The van der Waals surface area contributed by atoms with Crippen LogP contribution in [-0.2, 0) is 24.9 Å². The topological polar surface area (TPSA) is 70.5 Å². The molecule has 0 aliphatic carbocycles. The molecule has 0 radical (unpaired) electrons. The highest BCUT2D eigenvalue weighted by molar-refractivity contribution is 5.74. The van der Waals surface area contributed by atoms with E-state index in [4.69, 9.17) is 4.98 Å². The van der Waals surface area contributed by atoms with Gasteiger partial charge < -0.3 is 15.1 Å². The quantitative estimate of drug-likeness (QED) is 0.820. The maximum Gasteiger partial charge on any atom is 0.317 e. The fourth-order valence-corrected chi connectivity index (χ4v) is 4.67. The molecule has 7 nitrogen and oxygen atoms in total. The van der Waals surface area contributed by atoms with Crippen molar-refractivity contribution >= 4 is 6.03 Å². The van der Waals surface area contributed by atoms with Gasteiger partial charge in [0.15, 0.2) is 0 Å². The molecule has 142 valence electrons. The molecule has 0 bridgehead atoms. The zero-order valence-corrected chi connectivity index (χ0v) is 15.9. The van der Waals surface area contributed by atoms with Crippen LogP contribution in [0.5, 0.6) is 0 Å². The molecule has 3 aliphatic rings. The van der Waals surface area contributed by atoms with Crippen molar-refractivity contribution in [3.63, 3.8) is 0 Å². The van der Waals surface area contributed by atoms with Gasteiger partial charge in [-0.3, -0.25) is 9.36 Å². The van der Waals surface area contributed by atoms with Crippen LogP contribution in [0.1, 0.15) is 49.7 Å². The Bertz CT molecular complexity index is 774. The van der Waals surface area contributed by atoms with E-state index in [9.17, 15) is 9.59 Å². The summed E-state index contributed by atoms with van der Waals surface area (Å²) in [6.07, 6.45) is 5.51. The molecule has 1 fully saturated rings. The number of nitrogens with one attached hydrogen (secondary N) is 1. The third kappa shape index (κ3) is 2.82. The molecule has 1 aromatic heterocycles. The largest absolute Gasteiger partial charge is 0.338 e. The molecule has 1 N–H and O–H groups in total. The summed E-state index contributed by atoms with van der Waals surface area (Å²) in [6, 6.07) is 0.00229. The first kappa shape index (κ1) is 17.5. The molecule has 1 spiro atoms. The van der Waals surface area contributed by atoms with Crippen molar-refractivity contribution in [1.82, 2.24) is 24.7 Å². The highest BCUT2D eigenvalue weighted by Gasteiger charge is 2.47. The Balaban J connectivity index is 1.59. The summed E-state index contributed by atoms with van der Waals surface area (Å²) in [6.45, 7) is 5.80. The molecule has 4 rings (SSSR count). The number of unbranched alkanes of at least 4 members (excludes halogenated alkanes) is 1. The van der Waals surface area contributed by atoms with E-state index in [0.717, 1.165) is 68.7 Å². The molecule has 1 aromatic rings. The summed E-state index contributed by atoms with van der Waals surface area (Å²) in [4.78, 5) is 34.6. The number of aryl methyl sites for hydroxylation is 1. The summed E-state index contributed by atoms with van der Waals surface area (Å²) in [5, 5.41) is 3.00. The van der Waals surface area contributed by atoms with Crippen molar-refractivity contribution in [2.75, 3.05) is 33.2 Å². The second kappa shape index (κ2) is 6.68. The molecule has 7 heteroatoms. The lowest BCUT2D eigenvalue weighted by Gasteiger charge is -2.30. The standard InChI is InChI=1S/C19H29N5O2/c1-3-4-9-20-18(26)23-11-8-19(13-23)7-5-16-21-15-6-10-22(2)12-14(15)17(25)24(16)19/h3-13H2,1-2H3,(H,20,26)/t19-/m0/s1. The zero-order chi connectivity index (χ0) is 18.3. The lowest BCUT2D eigenvalue weighted by atomic mass is 9.95. The number of likely N-dealkylation sites (tertiary alicyclic amines) is 1. The van der Waals surface area contributed by atoms with Crippen LogP contribution in [0.2, 0.25) is 0 Å². The first-order valence-corrected chi connectivity index (χ1v) is 9.89. The Hall–Kier alpha value is -1.89. The predicted molar refractivity (Wildman–Crippen MR) is 99.3 cm³/mol. The van der Waals surface area contributed by atoms with E-state index in [1.54, 1.807) is 0 Å². The highest BCUT2D eigenvalue weighted by Crippen LogP contribution is 2.38. The first-order chi connectivity index (χ1) is 12.5. The number of hydrogen-bond donors (Lipinski definition) is 1. The van der Waals surface area contributed by atoms with Gasteiger partial charge in [0, 0.05) is 45.6 Å². The fraction of sp³-hybridized carbons (Fsp3) is 0.737. The fourth-order valence-electron chi connectivity index (χ4n) is 4.67. The molecule has 0 unspecified atom stereocenters. The van der Waals surface area contributed by atoms with Crippen LogP contribution < -0.4 is 10.9 Å². The van der Waals surface area contributed by atoms with E-state index in [1.807, 2.05) is 16.5 Å². The molecule has 1 atom stereocenters. The minimum Gasteiger partial charge on any atom is -0.338 e. The maximum absolute atomic E-state index is 13.3. The number of urea groups is 1. The number of aromatic nitrogens is 2. The molecular weight excluding hydrogens is 330 g/mol. The molecule has 1 saturated heterocycles. The zero-order valence-electron chi connectivity index (χ0n) is 15.9. The van der Waals surface area contributed by atoms with E-state index in [2.05, 4.69) is 17.1 Å². The van der Waals surface area contributed by atoms with Crippen LogP contribution in [0.15, 0.2) is 4.79 Å². The van der Waals surface area contributed by atoms with Gasteiger partial charge in [-0.05, 0) is 26.3 Å². The van der Waals surface area contributed by atoms with Gasteiger partial charge in [0.05, 0.1) is 16.8 Å². The van der Waals surface area contributed by atoms with Crippen LogP contribution in [0.25, 0.3) is 0 Å². The van der Waals surface area contributed by atoms with Crippen molar-refractivity contribution < 1.29 is 4.79 Å². The minimum absolute atomic E-state index is 0.00229. The Morgan fingerprint density at radius 3 is 2.92 bits per heavy atom. The number of carbonyl (C=O) groups excluding carboxylic acids is 1. The number of hydrogen-bond acceptors (Lipinski definition) is 4. The lowest BCUT2D eigenvalue weighted by Crippen LogP contribution is -2.46. The van der Waals surface area contributed by atoms with E-state index in [-0.39, 0.29) is 17.1 Å². The van der Waals surface area contributed by atoms with E-state index < -0.39 is 0 Å². The van der Waals surface area contributed by atoms with Crippen LogP contribution in [0.3, 0.4) is 0 Å². The van der Waals surface area contributed by atoms with E-state index in [0.29, 0.717) is 19.6 Å². The van der Waals surface area contributed by atoms with Crippen molar-refractivity contribution in [2.24, 2.45) is 0 Å². The van der Waals surface area contributed by atoms with Gasteiger partial charge in [-0.2, -0.15) is 0 Å². The molecule has 4 heterocycles. The summed E-state index contributed by atoms with van der Waals surface area (Å²) in [7, 11) is 2.05. The van der Waals surface area contributed by atoms with Gasteiger partial charge in [0.1, 0.15) is 5.82 Å². The smallest absolute Gasteiger partial charge is 0.317 e. The molecule has 3 aliphatic heterocycles. The molecule has 2 amide bonds. The highest BCUT2D eigenvalue weighted by atomic mass is 16.2. The van der Waals surface area contributed by atoms with Gasteiger partial charge in [-0.1, -0.05) is 13.3 Å². The van der Waals surface area contributed by atoms with E-state index >= 15 is 0 Å². The number of carbonyl (C=O) groups is 1. The molecule has 0 aromatic carbocycles. The predicted octanol–water partition coefficient (Wildman–Crippen LogP) is 1.09. The van der Waals surface area contributed by atoms with Crippen LogP contribution in [0, 0.1) is 0 Å². The first-order valence-electron chi connectivity index (χ1n) is 9.89. The number of fused-ring (bicyclic) bond motifs is 3. The average molecular weight is 359 g/mol. The summed E-state index contributed by atoms with van der Waals surface area (Å²) >= 11 is 0. The van der Waals surface area contributed by atoms with Gasteiger partial charge in [-0.25, -0.2) is 9.78 Å². The number of nitrogens with zero attached hydrogens (tertiary/aromatic N) is 4. The third-order valence-corrected chi connectivity index (χ3v) is 6.20. The lowest BCUT2D eigenvalue weighted by molar-refractivity contribution is 0.199. The van der Waals surface area contributed by atoms with Crippen LogP contribution in [-0.4, -0.2) is 58.6 Å². The van der Waals surface area contributed by atoms with Crippen LogP contribution in [0.4, 0.5) is 4.79 Å².